The Hall–Kier alpha value is -2.70. The molecule has 0 unspecified atom stereocenters. The van der Waals surface area contributed by atoms with E-state index in [1.165, 1.54) is 22.3 Å². The predicted octanol–water partition coefficient (Wildman–Crippen LogP) is 4.14. The largest absolute Gasteiger partial charge is 0.493 e. The number of rotatable bonds is 5. The van der Waals surface area contributed by atoms with Crippen LogP contribution in [0.4, 0.5) is 0 Å². The van der Waals surface area contributed by atoms with Gasteiger partial charge in [0.25, 0.3) is 0 Å². The average Bonchev–Trinajstić information content (AvgIpc) is 3.16. The van der Waals surface area contributed by atoms with E-state index in [0.29, 0.717) is 0 Å². The van der Waals surface area contributed by atoms with Crippen LogP contribution < -0.4 is 18.9 Å². The quantitative estimate of drug-likeness (QED) is 0.657. The minimum atomic E-state index is 0.233. The second kappa shape index (κ2) is 8.34. The zero-order valence-electron chi connectivity index (χ0n) is 19.6. The fourth-order valence-corrected chi connectivity index (χ4v) is 5.87. The average molecular weight is 437 g/mol. The number of nitrogens with zero attached hydrogens (tertiary/aromatic N) is 2. The topological polar surface area (TPSA) is 43.4 Å². The molecule has 1 fully saturated rings. The third-order valence-electron chi connectivity index (χ3n) is 7.26. The zero-order chi connectivity index (χ0) is 22.4. The van der Waals surface area contributed by atoms with Crippen molar-refractivity contribution in [3.8, 4) is 23.0 Å². The van der Waals surface area contributed by atoms with Gasteiger partial charge in [-0.25, -0.2) is 0 Å². The number of methoxy groups -OCH3 is 4. The normalized spacial score (nSPS) is 22.8. The molecule has 32 heavy (non-hydrogen) atoms. The van der Waals surface area contributed by atoms with Gasteiger partial charge in [0.2, 0.25) is 0 Å². The molecule has 5 rings (SSSR count). The van der Waals surface area contributed by atoms with Crippen molar-refractivity contribution in [1.82, 2.24) is 9.80 Å². The van der Waals surface area contributed by atoms with Crippen LogP contribution in [0, 0.1) is 0 Å². The molecule has 170 valence electrons. The second-order valence-corrected chi connectivity index (χ2v) is 8.62. The minimum Gasteiger partial charge on any atom is -0.493 e. The zero-order valence-corrected chi connectivity index (χ0v) is 19.6. The van der Waals surface area contributed by atoms with E-state index in [9.17, 15) is 0 Å². The number of ether oxygens (including phenoxy) is 4. The van der Waals surface area contributed by atoms with E-state index in [2.05, 4.69) is 53.1 Å². The van der Waals surface area contributed by atoms with Gasteiger partial charge in [-0.15, -0.1) is 0 Å². The first-order valence-electron chi connectivity index (χ1n) is 11.3. The van der Waals surface area contributed by atoms with Gasteiger partial charge in [0.1, 0.15) is 0 Å². The van der Waals surface area contributed by atoms with E-state index < -0.39 is 0 Å². The molecular formula is C26H32N2O4. The van der Waals surface area contributed by atoms with Gasteiger partial charge < -0.3 is 18.9 Å². The number of hydrogen-bond acceptors (Lipinski definition) is 6. The third kappa shape index (κ3) is 3.08. The lowest BCUT2D eigenvalue weighted by atomic mass is 9.82. The molecule has 1 saturated heterocycles. The van der Waals surface area contributed by atoms with Crippen LogP contribution in [0.25, 0.3) is 0 Å². The molecule has 0 N–H and O–H groups in total. The van der Waals surface area contributed by atoms with Crippen molar-refractivity contribution in [3.05, 3.63) is 58.7 Å². The van der Waals surface area contributed by atoms with Crippen molar-refractivity contribution < 1.29 is 18.9 Å². The summed E-state index contributed by atoms with van der Waals surface area (Å²) >= 11 is 0. The van der Waals surface area contributed by atoms with Crippen LogP contribution in [0.5, 0.6) is 23.0 Å². The van der Waals surface area contributed by atoms with E-state index in [4.69, 9.17) is 18.9 Å². The molecule has 3 aliphatic rings. The van der Waals surface area contributed by atoms with E-state index >= 15 is 0 Å². The van der Waals surface area contributed by atoms with Gasteiger partial charge in [-0.05, 0) is 66.3 Å². The van der Waals surface area contributed by atoms with Gasteiger partial charge in [0, 0.05) is 13.1 Å². The van der Waals surface area contributed by atoms with Gasteiger partial charge in [-0.2, -0.15) is 0 Å². The Balaban J connectivity index is 1.69. The Kier molecular flexibility index (Phi) is 5.51. The molecule has 3 aliphatic heterocycles. The van der Waals surface area contributed by atoms with Gasteiger partial charge >= 0.3 is 0 Å². The summed E-state index contributed by atoms with van der Waals surface area (Å²) in [6.45, 7) is 4.13. The van der Waals surface area contributed by atoms with Crippen molar-refractivity contribution in [2.75, 3.05) is 41.5 Å². The lowest BCUT2D eigenvalue weighted by Gasteiger charge is -2.37. The highest BCUT2D eigenvalue weighted by molar-refractivity contribution is 5.54. The number of fused-ring (bicyclic) bond motifs is 7. The molecule has 0 bridgehead atoms. The molecule has 6 nitrogen and oxygen atoms in total. The van der Waals surface area contributed by atoms with E-state index in [1.54, 1.807) is 28.4 Å². The van der Waals surface area contributed by atoms with Gasteiger partial charge in [0.15, 0.2) is 23.0 Å². The highest BCUT2D eigenvalue weighted by Gasteiger charge is 2.51. The minimum absolute atomic E-state index is 0.233. The first kappa shape index (κ1) is 21.2. The Bertz CT molecular complexity index is 973. The van der Waals surface area contributed by atoms with Crippen molar-refractivity contribution in [1.29, 1.82) is 0 Å². The molecule has 0 radical (unpaired) electrons. The first-order chi connectivity index (χ1) is 15.6. The molecule has 3 heterocycles. The molecule has 0 saturated carbocycles. The third-order valence-corrected chi connectivity index (χ3v) is 7.26. The lowest BCUT2D eigenvalue weighted by molar-refractivity contribution is 0.147. The summed E-state index contributed by atoms with van der Waals surface area (Å²) in [7, 11) is 6.83. The van der Waals surface area contributed by atoms with Crippen LogP contribution in [-0.4, -0.2) is 57.5 Å². The maximum atomic E-state index is 5.69. The first-order valence-corrected chi connectivity index (χ1v) is 11.3. The van der Waals surface area contributed by atoms with Crippen LogP contribution in [0.2, 0.25) is 0 Å². The van der Waals surface area contributed by atoms with Crippen LogP contribution in [0.3, 0.4) is 0 Å². The van der Waals surface area contributed by atoms with Crippen LogP contribution in [0.15, 0.2) is 36.4 Å². The fourth-order valence-electron chi connectivity index (χ4n) is 5.87. The SMILES string of the molecule is C/C=C/C1N2CCc3cc(OC)c(OC)cc3[C@H]2[C@@H]2c3cc(OC)c(OC)cc3CCN12. The van der Waals surface area contributed by atoms with E-state index in [-0.39, 0.29) is 18.2 Å². The summed E-state index contributed by atoms with van der Waals surface area (Å²) in [6, 6.07) is 9.18. The maximum Gasteiger partial charge on any atom is 0.161 e. The van der Waals surface area contributed by atoms with Crippen molar-refractivity contribution in [2.45, 2.75) is 38.0 Å². The Morgan fingerprint density at radius 2 is 1.09 bits per heavy atom. The van der Waals surface area contributed by atoms with E-state index in [0.717, 1.165) is 48.9 Å². The molecule has 0 amide bonds. The maximum absolute atomic E-state index is 5.69. The Morgan fingerprint density at radius 1 is 0.688 bits per heavy atom. The highest BCUT2D eigenvalue weighted by atomic mass is 16.5. The standard InChI is InChI=1S/C26H32N2O4/c1-6-7-24-27-10-8-16-12-20(29-2)22(31-4)14-18(16)25(27)26-19-15-23(32-5)21(30-3)13-17(19)9-11-28(24)26/h6-7,12-15,24-26H,8-11H2,1-5H3/b7-6+/t25-,26-/m0/s1. The van der Waals surface area contributed by atoms with Crippen molar-refractivity contribution in [2.24, 2.45) is 0 Å². The predicted molar refractivity (Wildman–Crippen MR) is 124 cm³/mol. The summed E-state index contributed by atoms with van der Waals surface area (Å²) < 4.78 is 22.6. The second-order valence-electron chi connectivity index (χ2n) is 8.62. The van der Waals surface area contributed by atoms with Crippen LogP contribution in [0.1, 0.15) is 41.3 Å². The molecule has 0 aromatic heterocycles. The van der Waals surface area contributed by atoms with Crippen molar-refractivity contribution >= 4 is 0 Å². The summed E-state index contributed by atoms with van der Waals surface area (Å²) in [6.07, 6.45) is 6.79. The highest BCUT2D eigenvalue weighted by Crippen LogP contribution is 2.54. The molecular weight excluding hydrogens is 404 g/mol. The number of allylic oxidation sites excluding steroid dienone is 1. The number of hydrogen-bond donors (Lipinski definition) is 0. The summed E-state index contributed by atoms with van der Waals surface area (Å²) in [5.41, 5.74) is 5.35. The van der Waals surface area contributed by atoms with Gasteiger partial charge in [-0.1, -0.05) is 12.2 Å². The van der Waals surface area contributed by atoms with E-state index in [1.807, 2.05) is 0 Å². The van der Waals surface area contributed by atoms with Gasteiger partial charge in [-0.3, -0.25) is 9.80 Å². The Labute approximate surface area is 190 Å². The van der Waals surface area contributed by atoms with Crippen LogP contribution >= 0.6 is 0 Å². The summed E-state index contributed by atoms with van der Waals surface area (Å²) in [4.78, 5) is 5.29. The molecule has 2 aromatic rings. The monoisotopic (exact) mass is 436 g/mol. The number of benzene rings is 2. The Morgan fingerprint density at radius 3 is 1.47 bits per heavy atom. The molecule has 2 atom stereocenters. The van der Waals surface area contributed by atoms with Crippen LogP contribution in [-0.2, 0) is 12.8 Å². The smallest absolute Gasteiger partial charge is 0.161 e. The molecule has 2 aromatic carbocycles. The summed E-state index contributed by atoms with van der Waals surface area (Å²) in [5, 5.41) is 0. The van der Waals surface area contributed by atoms with Crippen molar-refractivity contribution in [3.63, 3.8) is 0 Å². The van der Waals surface area contributed by atoms with Gasteiger partial charge in [0.05, 0.1) is 46.7 Å². The molecule has 0 aliphatic carbocycles. The summed E-state index contributed by atoms with van der Waals surface area (Å²) in [5.74, 6) is 3.18. The fraction of sp³-hybridized carbons (Fsp3) is 0.462. The molecule has 0 spiro atoms. The lowest BCUT2D eigenvalue weighted by Crippen LogP contribution is -2.41. The molecule has 6 heteroatoms.